The highest BCUT2D eigenvalue weighted by atomic mass is 79.9. The van der Waals surface area contributed by atoms with Gasteiger partial charge in [-0.1, -0.05) is 45.2 Å². The van der Waals surface area contributed by atoms with E-state index in [2.05, 4.69) is 26.5 Å². The van der Waals surface area contributed by atoms with Crippen LogP contribution < -0.4 is 19.1 Å². The zero-order valence-corrected chi connectivity index (χ0v) is 21.5. The van der Waals surface area contributed by atoms with Crippen molar-refractivity contribution in [1.82, 2.24) is 5.43 Å². The molecular weight excluding hydrogens is 548 g/mol. The molecular formula is C23H20BrClN2O6S. The second-order valence-electron chi connectivity index (χ2n) is 6.93. The van der Waals surface area contributed by atoms with Gasteiger partial charge >= 0.3 is 10.1 Å². The SMILES string of the molecule is COc1ccc(Br)cc1C(=O)N/N=C\c1cc(Cl)c(OS(=O)(=O)c2ccc(C)cc2)c(OC)c1. The maximum absolute atomic E-state index is 12.7. The summed E-state index contributed by atoms with van der Waals surface area (Å²) in [7, 11) is -1.33. The van der Waals surface area contributed by atoms with Crippen molar-refractivity contribution in [3.05, 3.63) is 80.8 Å². The van der Waals surface area contributed by atoms with Crippen LogP contribution in [0.3, 0.4) is 0 Å². The average Bonchev–Trinajstić information content (AvgIpc) is 2.80. The lowest BCUT2D eigenvalue weighted by Crippen LogP contribution is -2.18. The fourth-order valence-electron chi connectivity index (χ4n) is 2.84. The molecule has 0 aliphatic heterocycles. The third-order valence-corrected chi connectivity index (χ3v) is 6.55. The van der Waals surface area contributed by atoms with Gasteiger partial charge in [-0.25, -0.2) is 5.43 Å². The number of ether oxygens (including phenoxy) is 2. The van der Waals surface area contributed by atoms with E-state index in [1.165, 1.54) is 44.7 Å². The highest BCUT2D eigenvalue weighted by Crippen LogP contribution is 2.38. The molecule has 34 heavy (non-hydrogen) atoms. The number of carbonyl (C=O) groups is 1. The lowest BCUT2D eigenvalue weighted by atomic mass is 10.2. The van der Waals surface area contributed by atoms with Gasteiger partial charge in [0.1, 0.15) is 10.6 Å². The number of aryl methyl sites for hydroxylation is 1. The van der Waals surface area contributed by atoms with E-state index in [0.717, 1.165) is 5.56 Å². The fraction of sp³-hybridized carbons (Fsp3) is 0.130. The van der Waals surface area contributed by atoms with Crippen molar-refractivity contribution < 1.29 is 26.9 Å². The summed E-state index contributed by atoms with van der Waals surface area (Å²) in [5.41, 5.74) is 4.03. The van der Waals surface area contributed by atoms with E-state index in [1.807, 2.05) is 6.92 Å². The zero-order valence-electron chi connectivity index (χ0n) is 18.3. The monoisotopic (exact) mass is 566 g/mol. The van der Waals surface area contributed by atoms with Crippen molar-refractivity contribution in [2.75, 3.05) is 14.2 Å². The van der Waals surface area contributed by atoms with Gasteiger partial charge in [0.05, 0.1) is 31.0 Å². The lowest BCUT2D eigenvalue weighted by molar-refractivity contribution is 0.0952. The molecule has 3 aromatic carbocycles. The minimum Gasteiger partial charge on any atom is -0.496 e. The van der Waals surface area contributed by atoms with Gasteiger partial charge in [-0.2, -0.15) is 13.5 Å². The molecule has 0 spiro atoms. The maximum Gasteiger partial charge on any atom is 0.339 e. The van der Waals surface area contributed by atoms with Crippen molar-refractivity contribution in [2.24, 2.45) is 5.10 Å². The Hall–Kier alpha value is -3.08. The third kappa shape index (κ3) is 6.07. The number of benzene rings is 3. The molecule has 0 aliphatic rings. The summed E-state index contributed by atoms with van der Waals surface area (Å²) in [6.07, 6.45) is 1.33. The number of halogens is 2. The normalized spacial score (nSPS) is 11.3. The van der Waals surface area contributed by atoms with Crippen molar-refractivity contribution in [3.63, 3.8) is 0 Å². The number of amides is 1. The topological polar surface area (TPSA) is 103 Å². The second kappa shape index (κ2) is 10.9. The Balaban J connectivity index is 1.81. The molecule has 3 aromatic rings. The summed E-state index contributed by atoms with van der Waals surface area (Å²) >= 11 is 9.60. The van der Waals surface area contributed by atoms with Gasteiger partial charge in [0, 0.05) is 4.47 Å². The van der Waals surface area contributed by atoms with Gasteiger partial charge in [-0.05, 0) is 55.0 Å². The Morgan fingerprint density at radius 2 is 1.71 bits per heavy atom. The first-order valence-electron chi connectivity index (χ1n) is 9.70. The molecule has 0 aromatic heterocycles. The largest absolute Gasteiger partial charge is 0.496 e. The molecule has 0 fully saturated rings. The van der Waals surface area contributed by atoms with Gasteiger partial charge in [0.25, 0.3) is 5.91 Å². The van der Waals surface area contributed by atoms with Crippen LogP contribution in [0.2, 0.25) is 5.02 Å². The Kier molecular flexibility index (Phi) is 8.19. The van der Waals surface area contributed by atoms with Gasteiger partial charge in [-0.15, -0.1) is 0 Å². The molecule has 178 valence electrons. The standard InChI is InChI=1S/C23H20BrClN2O6S/c1-14-4-7-17(8-5-14)34(29,30)33-22-19(25)10-15(11-21(22)32-3)13-26-27-23(28)18-12-16(24)6-9-20(18)31-2/h4-13H,1-3H3,(H,27,28)/b26-13-. The molecule has 0 aliphatic carbocycles. The Labute approximate surface area is 210 Å². The number of nitrogens with one attached hydrogen (secondary N) is 1. The Bertz CT molecular complexity index is 1340. The third-order valence-electron chi connectivity index (χ3n) is 4.54. The van der Waals surface area contributed by atoms with E-state index in [1.54, 1.807) is 30.3 Å². The van der Waals surface area contributed by atoms with Crippen LogP contribution >= 0.6 is 27.5 Å². The number of carbonyl (C=O) groups excluding carboxylic acids is 1. The summed E-state index contributed by atoms with van der Waals surface area (Å²) in [4.78, 5) is 12.4. The smallest absolute Gasteiger partial charge is 0.339 e. The first kappa shape index (κ1) is 25.5. The number of hydrazone groups is 1. The molecule has 0 radical (unpaired) electrons. The summed E-state index contributed by atoms with van der Waals surface area (Å²) in [6, 6.07) is 14.1. The van der Waals surface area contributed by atoms with E-state index in [9.17, 15) is 13.2 Å². The van der Waals surface area contributed by atoms with Gasteiger partial charge in [0.15, 0.2) is 5.75 Å². The first-order chi connectivity index (χ1) is 16.1. The summed E-state index contributed by atoms with van der Waals surface area (Å²) in [6.45, 7) is 1.84. The lowest BCUT2D eigenvalue weighted by Gasteiger charge is -2.13. The average molecular weight is 568 g/mol. The van der Waals surface area contributed by atoms with Crippen molar-refractivity contribution in [2.45, 2.75) is 11.8 Å². The molecule has 1 N–H and O–H groups in total. The molecule has 0 atom stereocenters. The van der Waals surface area contributed by atoms with E-state index >= 15 is 0 Å². The maximum atomic E-state index is 12.7. The number of rotatable bonds is 8. The van der Waals surface area contributed by atoms with Crippen LogP contribution in [0.1, 0.15) is 21.5 Å². The van der Waals surface area contributed by atoms with Crippen LogP contribution in [-0.4, -0.2) is 34.8 Å². The first-order valence-corrected chi connectivity index (χ1v) is 12.3. The molecule has 3 rings (SSSR count). The molecule has 0 saturated heterocycles. The summed E-state index contributed by atoms with van der Waals surface area (Å²) in [5.74, 6) is -0.192. The summed E-state index contributed by atoms with van der Waals surface area (Å²) in [5, 5.41) is 3.91. The van der Waals surface area contributed by atoms with Crippen LogP contribution in [0.25, 0.3) is 0 Å². The minimum atomic E-state index is -4.14. The van der Waals surface area contributed by atoms with Crippen LogP contribution in [0.4, 0.5) is 0 Å². The number of hydrogen-bond acceptors (Lipinski definition) is 7. The number of hydrogen-bond donors (Lipinski definition) is 1. The molecule has 1 amide bonds. The number of methoxy groups -OCH3 is 2. The zero-order chi connectivity index (χ0) is 24.9. The van der Waals surface area contributed by atoms with Gasteiger partial charge in [0.2, 0.25) is 5.75 Å². The fourth-order valence-corrected chi connectivity index (χ4v) is 4.46. The highest BCUT2D eigenvalue weighted by molar-refractivity contribution is 9.10. The molecule has 0 unspecified atom stereocenters. The number of nitrogens with zero attached hydrogens (tertiary/aromatic N) is 1. The van der Waals surface area contributed by atoms with Crippen molar-refractivity contribution >= 4 is 49.8 Å². The van der Waals surface area contributed by atoms with Crippen LogP contribution in [0, 0.1) is 6.92 Å². The van der Waals surface area contributed by atoms with E-state index in [0.29, 0.717) is 15.8 Å². The van der Waals surface area contributed by atoms with E-state index in [-0.39, 0.29) is 27.0 Å². The van der Waals surface area contributed by atoms with Crippen LogP contribution in [0.15, 0.2) is 69.1 Å². The van der Waals surface area contributed by atoms with Crippen LogP contribution in [-0.2, 0) is 10.1 Å². The molecule has 11 heteroatoms. The molecule has 0 saturated carbocycles. The van der Waals surface area contributed by atoms with Crippen molar-refractivity contribution in [3.8, 4) is 17.2 Å². The van der Waals surface area contributed by atoms with Crippen LogP contribution in [0.5, 0.6) is 17.2 Å². The van der Waals surface area contributed by atoms with Gasteiger partial charge in [-0.3, -0.25) is 4.79 Å². The summed E-state index contributed by atoms with van der Waals surface area (Å²) < 4.78 is 41.7. The Morgan fingerprint density at radius 1 is 1.03 bits per heavy atom. The van der Waals surface area contributed by atoms with Crippen molar-refractivity contribution in [1.29, 1.82) is 0 Å². The highest BCUT2D eigenvalue weighted by Gasteiger charge is 2.22. The molecule has 0 bridgehead atoms. The Morgan fingerprint density at radius 3 is 2.35 bits per heavy atom. The van der Waals surface area contributed by atoms with Gasteiger partial charge < -0.3 is 13.7 Å². The second-order valence-corrected chi connectivity index (χ2v) is 9.80. The van der Waals surface area contributed by atoms with E-state index in [4.69, 9.17) is 25.3 Å². The molecule has 0 heterocycles. The van der Waals surface area contributed by atoms with E-state index < -0.39 is 16.0 Å². The predicted octanol–water partition coefficient (Wildman–Crippen LogP) is 4.96. The predicted molar refractivity (Wildman–Crippen MR) is 133 cm³/mol. The molecule has 8 nitrogen and oxygen atoms in total. The minimum absolute atomic E-state index is 0.0172. The quantitative estimate of drug-likeness (QED) is 0.234.